The van der Waals surface area contributed by atoms with Crippen LogP contribution in [0.25, 0.3) is 10.2 Å². The summed E-state index contributed by atoms with van der Waals surface area (Å²) in [6.07, 6.45) is 3.59. The summed E-state index contributed by atoms with van der Waals surface area (Å²) < 4.78 is 6.80. The molecule has 3 aromatic heterocycles. The number of pyridine rings is 2. The average molecular weight is 580 g/mol. The first-order chi connectivity index (χ1) is 20.4. The number of rotatable bonds is 9. The molecule has 0 unspecified atom stereocenters. The fourth-order valence-electron chi connectivity index (χ4n) is 5.18. The van der Waals surface area contributed by atoms with Gasteiger partial charge in [0.25, 0.3) is 5.91 Å². The lowest BCUT2D eigenvalue weighted by atomic mass is 9.94. The Balaban J connectivity index is 1.16. The van der Waals surface area contributed by atoms with Gasteiger partial charge in [0.05, 0.1) is 16.8 Å². The van der Waals surface area contributed by atoms with E-state index >= 15 is 0 Å². The van der Waals surface area contributed by atoms with Gasteiger partial charge in [-0.15, -0.1) is 0 Å². The maximum absolute atomic E-state index is 13.4. The number of hydrogen-bond acceptors (Lipinski definition) is 8. The molecule has 0 aliphatic carbocycles. The minimum absolute atomic E-state index is 0.0416. The highest BCUT2D eigenvalue weighted by atomic mass is 32.1. The Bertz CT molecular complexity index is 1750. The molecule has 2 aromatic carbocycles. The van der Waals surface area contributed by atoms with E-state index in [2.05, 4.69) is 20.3 Å². The van der Waals surface area contributed by atoms with Gasteiger partial charge in [0, 0.05) is 36.6 Å². The number of amides is 1. The highest BCUT2D eigenvalue weighted by Crippen LogP contribution is 2.29. The summed E-state index contributed by atoms with van der Waals surface area (Å²) in [7, 11) is 0. The highest BCUT2D eigenvalue weighted by Gasteiger charge is 2.24. The van der Waals surface area contributed by atoms with Crippen LogP contribution in [0.2, 0.25) is 0 Å². The van der Waals surface area contributed by atoms with Crippen LogP contribution in [0.15, 0.2) is 72.9 Å². The predicted molar refractivity (Wildman–Crippen MR) is 163 cm³/mol. The molecule has 0 saturated heterocycles. The van der Waals surface area contributed by atoms with E-state index in [4.69, 9.17) is 4.74 Å². The third-order valence-electron chi connectivity index (χ3n) is 7.25. The number of nitrogens with zero attached hydrogens (tertiary/aromatic N) is 4. The van der Waals surface area contributed by atoms with E-state index in [1.165, 1.54) is 11.3 Å². The number of para-hydroxylation sites is 1. The molecule has 212 valence electrons. The monoisotopic (exact) mass is 579 g/mol. The number of carboxylic acids is 1. The van der Waals surface area contributed by atoms with Crippen molar-refractivity contribution in [2.24, 2.45) is 0 Å². The topological polar surface area (TPSA) is 118 Å². The minimum Gasteiger partial charge on any atom is -0.493 e. The lowest BCUT2D eigenvalue weighted by Crippen LogP contribution is -2.33. The second kappa shape index (κ2) is 12.0. The van der Waals surface area contributed by atoms with Gasteiger partial charge in [-0.05, 0) is 73.2 Å². The quantitative estimate of drug-likeness (QED) is 0.207. The van der Waals surface area contributed by atoms with Gasteiger partial charge in [0.2, 0.25) is 0 Å². The number of carbonyl (C=O) groups excluding carboxylic acids is 1. The second-order valence-corrected chi connectivity index (χ2v) is 11.2. The number of hydrogen-bond donors (Lipinski definition) is 2. The van der Waals surface area contributed by atoms with Crippen LogP contribution >= 0.6 is 11.3 Å². The molecule has 0 saturated carbocycles. The Hall–Kier alpha value is -4.83. The maximum atomic E-state index is 13.4. The largest absolute Gasteiger partial charge is 0.493 e. The van der Waals surface area contributed by atoms with Crippen LogP contribution in [0.3, 0.4) is 0 Å². The summed E-state index contributed by atoms with van der Waals surface area (Å²) in [6.45, 7) is 3.47. The SMILES string of the molecule is Cc1cc(OCCCc2ccc(N3CCc4cccc(C(=O)Nc5nc6ccccc6s5)c4C3)nc2C(=O)O)ccn1. The van der Waals surface area contributed by atoms with Crippen molar-refractivity contribution in [3.63, 3.8) is 0 Å². The molecular formula is C32H29N5O4S. The van der Waals surface area contributed by atoms with Gasteiger partial charge in [-0.1, -0.05) is 41.7 Å². The van der Waals surface area contributed by atoms with Crippen LogP contribution in [0.4, 0.5) is 10.9 Å². The van der Waals surface area contributed by atoms with Crippen molar-refractivity contribution in [1.82, 2.24) is 15.0 Å². The number of aromatic nitrogens is 3. The molecule has 0 bridgehead atoms. The first-order valence-corrected chi connectivity index (χ1v) is 14.6. The van der Waals surface area contributed by atoms with Crippen molar-refractivity contribution < 1.29 is 19.4 Å². The molecule has 0 atom stereocenters. The third kappa shape index (κ3) is 5.94. The number of carbonyl (C=O) groups is 2. The fraction of sp³-hybridized carbons (Fsp3) is 0.219. The number of nitrogens with one attached hydrogen (secondary N) is 1. The summed E-state index contributed by atoms with van der Waals surface area (Å²) in [5.74, 6) is 0.0388. The van der Waals surface area contributed by atoms with Crippen LogP contribution in [0, 0.1) is 6.92 Å². The van der Waals surface area contributed by atoms with Gasteiger partial charge < -0.3 is 14.7 Å². The number of benzene rings is 2. The fourth-order valence-corrected chi connectivity index (χ4v) is 6.04. The summed E-state index contributed by atoms with van der Waals surface area (Å²) >= 11 is 1.44. The van der Waals surface area contributed by atoms with Crippen LogP contribution in [0.1, 0.15) is 49.7 Å². The van der Waals surface area contributed by atoms with Crippen molar-refractivity contribution in [1.29, 1.82) is 0 Å². The molecule has 42 heavy (non-hydrogen) atoms. The number of aryl methyl sites for hydroxylation is 2. The first-order valence-electron chi connectivity index (χ1n) is 13.8. The Kier molecular flexibility index (Phi) is 7.78. The van der Waals surface area contributed by atoms with Gasteiger partial charge in [0.1, 0.15) is 11.6 Å². The van der Waals surface area contributed by atoms with E-state index < -0.39 is 5.97 Å². The molecule has 0 radical (unpaired) electrons. The zero-order valence-electron chi connectivity index (χ0n) is 23.0. The molecule has 1 aliphatic heterocycles. The van der Waals surface area contributed by atoms with Crippen LogP contribution in [0.5, 0.6) is 5.75 Å². The molecule has 4 heterocycles. The van der Waals surface area contributed by atoms with E-state index in [1.54, 1.807) is 12.3 Å². The molecule has 1 amide bonds. The Labute approximate surface area is 246 Å². The molecule has 6 rings (SSSR count). The van der Waals surface area contributed by atoms with Crippen molar-refractivity contribution in [2.75, 3.05) is 23.4 Å². The van der Waals surface area contributed by atoms with Gasteiger partial charge in [0.15, 0.2) is 10.8 Å². The van der Waals surface area contributed by atoms with Gasteiger partial charge in [-0.3, -0.25) is 15.1 Å². The van der Waals surface area contributed by atoms with Crippen molar-refractivity contribution in [3.8, 4) is 5.75 Å². The third-order valence-corrected chi connectivity index (χ3v) is 8.20. The van der Waals surface area contributed by atoms with E-state index in [0.717, 1.165) is 39.2 Å². The number of ether oxygens (including phenoxy) is 1. The standard InChI is InChI=1S/C32H29N5O4S/c1-20-18-23(13-15-33-20)41-17-5-7-22-11-12-28(35-29(22)31(39)40)37-16-14-21-6-4-8-24(25(21)19-37)30(38)36-32-34-26-9-2-3-10-27(26)42-32/h2-4,6,8-13,15,18H,5,7,14,16-17,19H2,1H3,(H,39,40)(H,34,36,38). The zero-order chi connectivity index (χ0) is 29.1. The molecular weight excluding hydrogens is 550 g/mol. The summed E-state index contributed by atoms with van der Waals surface area (Å²) in [5.41, 5.74) is 5.02. The normalized spacial score (nSPS) is 12.6. The Morgan fingerprint density at radius 2 is 1.95 bits per heavy atom. The summed E-state index contributed by atoms with van der Waals surface area (Å²) in [5, 5.41) is 13.5. The van der Waals surface area contributed by atoms with Gasteiger partial charge in [-0.25, -0.2) is 14.8 Å². The van der Waals surface area contributed by atoms with Gasteiger partial charge in [-0.2, -0.15) is 0 Å². The number of carboxylic acid groups (broad SMARTS) is 1. The van der Waals surface area contributed by atoms with Crippen molar-refractivity contribution in [2.45, 2.75) is 32.7 Å². The summed E-state index contributed by atoms with van der Waals surface area (Å²) in [6, 6.07) is 20.9. The lowest BCUT2D eigenvalue weighted by Gasteiger charge is -2.31. The van der Waals surface area contributed by atoms with E-state index in [0.29, 0.717) is 54.6 Å². The molecule has 1 aliphatic rings. The Morgan fingerprint density at radius 3 is 2.79 bits per heavy atom. The predicted octanol–water partition coefficient (Wildman–Crippen LogP) is 5.92. The van der Waals surface area contributed by atoms with Crippen LogP contribution in [-0.2, 0) is 19.4 Å². The molecule has 2 N–H and O–H groups in total. The molecule has 9 nitrogen and oxygen atoms in total. The highest BCUT2D eigenvalue weighted by molar-refractivity contribution is 7.22. The zero-order valence-corrected chi connectivity index (χ0v) is 23.9. The van der Waals surface area contributed by atoms with Crippen LogP contribution < -0.4 is 15.0 Å². The Morgan fingerprint density at radius 1 is 1.07 bits per heavy atom. The van der Waals surface area contributed by atoms with Crippen molar-refractivity contribution in [3.05, 3.63) is 107 Å². The first kappa shape index (κ1) is 27.3. The van der Waals surface area contributed by atoms with E-state index in [1.807, 2.05) is 72.5 Å². The molecule has 0 spiro atoms. The number of anilines is 2. The van der Waals surface area contributed by atoms with Gasteiger partial charge >= 0.3 is 5.97 Å². The van der Waals surface area contributed by atoms with Crippen LogP contribution in [-0.4, -0.2) is 45.1 Å². The molecule has 0 fully saturated rings. The number of fused-ring (bicyclic) bond motifs is 2. The van der Waals surface area contributed by atoms with E-state index in [9.17, 15) is 14.7 Å². The lowest BCUT2D eigenvalue weighted by molar-refractivity contribution is 0.0689. The number of aromatic carboxylic acids is 1. The minimum atomic E-state index is -1.06. The number of thiazole rings is 1. The smallest absolute Gasteiger partial charge is 0.354 e. The van der Waals surface area contributed by atoms with Crippen molar-refractivity contribution >= 4 is 44.4 Å². The van der Waals surface area contributed by atoms with E-state index in [-0.39, 0.29) is 11.6 Å². The second-order valence-electron chi connectivity index (χ2n) is 10.1. The summed E-state index contributed by atoms with van der Waals surface area (Å²) in [4.78, 5) is 40.8. The maximum Gasteiger partial charge on any atom is 0.354 e. The molecule has 10 heteroatoms. The average Bonchev–Trinajstić information content (AvgIpc) is 3.41. The molecule has 5 aromatic rings.